The van der Waals surface area contributed by atoms with Gasteiger partial charge in [0.1, 0.15) is 17.7 Å². The highest BCUT2D eigenvalue weighted by Gasteiger charge is 2.32. The Hall–Kier alpha value is -2.67. The highest BCUT2D eigenvalue weighted by atomic mass is 32.1. The fourth-order valence-electron chi connectivity index (χ4n) is 3.16. The molecule has 0 spiro atoms. The van der Waals surface area contributed by atoms with E-state index in [1.807, 2.05) is 11.0 Å². The number of unbranched alkanes of at least 4 members (excludes halogenated alkanes) is 2. The zero-order valence-corrected chi connectivity index (χ0v) is 17.1. The largest absolute Gasteiger partial charge is 0.494 e. The third-order valence-corrected chi connectivity index (χ3v) is 5.90. The van der Waals surface area contributed by atoms with Crippen molar-refractivity contribution in [3.63, 3.8) is 0 Å². The number of esters is 1. The summed E-state index contributed by atoms with van der Waals surface area (Å²) in [6.45, 7) is 3.97. The number of carbonyl (C=O) groups is 1. The van der Waals surface area contributed by atoms with Gasteiger partial charge in [-0.05, 0) is 42.8 Å². The van der Waals surface area contributed by atoms with E-state index in [9.17, 15) is 9.18 Å². The minimum absolute atomic E-state index is 0.180. The van der Waals surface area contributed by atoms with E-state index < -0.39 is 0 Å². The maximum Gasteiger partial charge on any atom is 0.338 e. The molecule has 7 heteroatoms. The molecule has 5 nitrogen and oxygen atoms in total. The van der Waals surface area contributed by atoms with Gasteiger partial charge in [-0.1, -0.05) is 37.2 Å². The molecule has 1 aliphatic rings. The van der Waals surface area contributed by atoms with Crippen molar-refractivity contribution in [3.05, 3.63) is 53.8 Å². The van der Waals surface area contributed by atoms with Crippen LogP contribution in [0.15, 0.2) is 42.5 Å². The second-order valence-electron chi connectivity index (χ2n) is 7.12. The molecule has 0 amide bonds. The fraction of sp³-hybridized carbons (Fsp3) is 0.364. The number of hydrogen-bond acceptors (Lipinski definition) is 6. The molecule has 0 unspecified atom stereocenters. The molecule has 0 bridgehead atoms. The first kappa shape index (κ1) is 19.6. The van der Waals surface area contributed by atoms with Crippen LogP contribution in [-0.4, -0.2) is 36.8 Å². The minimum Gasteiger partial charge on any atom is -0.494 e. The summed E-state index contributed by atoms with van der Waals surface area (Å²) in [6.07, 6.45) is 3.09. The van der Waals surface area contributed by atoms with Gasteiger partial charge in [0.25, 0.3) is 0 Å². The van der Waals surface area contributed by atoms with Crippen LogP contribution >= 0.6 is 11.3 Å². The summed E-state index contributed by atoms with van der Waals surface area (Å²) in [5.41, 5.74) is 1.27. The molecule has 1 aromatic heterocycles. The first-order valence-corrected chi connectivity index (χ1v) is 10.7. The minimum atomic E-state index is -0.347. The number of ether oxygens (including phenoxy) is 2. The Morgan fingerprint density at radius 2 is 2.10 bits per heavy atom. The topological polar surface area (TPSA) is 51.7 Å². The standard InChI is InChI=1S/C22H23FN2O3S/c1-2-3-4-10-27-17-7-5-6-15(11-17)21(26)28-18-13-25(14-18)22-24-19-9-8-16(23)12-20(19)29-22/h5-9,11-12,18H,2-4,10,13-14H2,1H3. The summed E-state index contributed by atoms with van der Waals surface area (Å²) < 4.78 is 25.5. The van der Waals surface area contributed by atoms with Crippen molar-refractivity contribution < 1.29 is 18.7 Å². The number of aromatic nitrogens is 1. The van der Waals surface area contributed by atoms with Crippen LogP contribution in [0.1, 0.15) is 36.5 Å². The summed E-state index contributed by atoms with van der Waals surface area (Å²) >= 11 is 1.44. The van der Waals surface area contributed by atoms with E-state index in [0.29, 0.717) is 31.0 Å². The van der Waals surface area contributed by atoms with Crippen molar-refractivity contribution in [2.24, 2.45) is 0 Å². The van der Waals surface area contributed by atoms with Crippen molar-refractivity contribution >= 4 is 32.7 Å². The molecule has 4 rings (SSSR count). The smallest absolute Gasteiger partial charge is 0.338 e. The molecule has 0 atom stereocenters. The Morgan fingerprint density at radius 3 is 2.93 bits per heavy atom. The molecule has 2 heterocycles. The Labute approximate surface area is 173 Å². The Balaban J connectivity index is 1.30. The molecule has 0 radical (unpaired) electrons. The first-order valence-electron chi connectivity index (χ1n) is 9.87. The molecule has 2 aromatic carbocycles. The molecular weight excluding hydrogens is 391 g/mol. The van der Waals surface area contributed by atoms with Crippen LogP contribution in [0, 0.1) is 5.82 Å². The Kier molecular flexibility index (Phi) is 5.94. The lowest BCUT2D eigenvalue weighted by Gasteiger charge is -2.38. The molecule has 0 saturated carbocycles. The van der Waals surface area contributed by atoms with Gasteiger partial charge in [0.05, 0.1) is 35.5 Å². The average molecular weight is 415 g/mol. The van der Waals surface area contributed by atoms with Gasteiger partial charge in [-0.25, -0.2) is 14.2 Å². The average Bonchev–Trinajstić information content (AvgIpc) is 3.10. The predicted octanol–water partition coefficient (Wildman–Crippen LogP) is 5.05. The summed E-state index contributed by atoms with van der Waals surface area (Å²) in [7, 11) is 0. The molecular formula is C22H23FN2O3S. The third kappa shape index (κ3) is 4.67. The molecule has 1 fully saturated rings. The van der Waals surface area contributed by atoms with Crippen molar-refractivity contribution in [2.45, 2.75) is 32.3 Å². The Bertz CT molecular complexity index is 1000. The summed E-state index contributed by atoms with van der Waals surface area (Å²) in [5.74, 6) is 0.0761. The summed E-state index contributed by atoms with van der Waals surface area (Å²) in [5, 5.41) is 0.820. The van der Waals surface area contributed by atoms with E-state index in [1.54, 1.807) is 24.3 Å². The number of halogens is 1. The number of carbonyl (C=O) groups excluding carboxylic acids is 1. The number of rotatable bonds is 8. The van der Waals surface area contributed by atoms with Crippen molar-refractivity contribution in [1.29, 1.82) is 0 Å². The van der Waals surface area contributed by atoms with Crippen LogP contribution in [-0.2, 0) is 4.74 Å². The molecule has 0 N–H and O–H groups in total. The second kappa shape index (κ2) is 8.78. The van der Waals surface area contributed by atoms with Crippen molar-refractivity contribution in [3.8, 4) is 5.75 Å². The number of benzene rings is 2. The van der Waals surface area contributed by atoms with Gasteiger partial charge in [0, 0.05) is 0 Å². The highest BCUT2D eigenvalue weighted by Crippen LogP contribution is 2.32. The van der Waals surface area contributed by atoms with Crippen LogP contribution in [0.3, 0.4) is 0 Å². The van der Waals surface area contributed by atoms with Crippen LogP contribution in [0.25, 0.3) is 10.2 Å². The number of thiazole rings is 1. The van der Waals surface area contributed by atoms with E-state index in [0.717, 1.165) is 34.6 Å². The monoisotopic (exact) mass is 414 g/mol. The number of fused-ring (bicyclic) bond motifs is 1. The molecule has 1 saturated heterocycles. The van der Waals surface area contributed by atoms with Gasteiger partial charge in [0.15, 0.2) is 5.13 Å². The second-order valence-corrected chi connectivity index (χ2v) is 8.13. The zero-order chi connectivity index (χ0) is 20.2. The van der Waals surface area contributed by atoms with E-state index in [2.05, 4.69) is 11.9 Å². The lowest BCUT2D eigenvalue weighted by atomic mass is 10.1. The van der Waals surface area contributed by atoms with Gasteiger partial charge >= 0.3 is 5.97 Å². The maximum absolute atomic E-state index is 13.3. The van der Waals surface area contributed by atoms with E-state index >= 15 is 0 Å². The first-order chi connectivity index (χ1) is 14.1. The highest BCUT2D eigenvalue weighted by molar-refractivity contribution is 7.22. The predicted molar refractivity (Wildman–Crippen MR) is 112 cm³/mol. The third-order valence-electron chi connectivity index (χ3n) is 4.82. The van der Waals surface area contributed by atoms with Gasteiger partial charge < -0.3 is 14.4 Å². The molecule has 0 aliphatic carbocycles. The quantitative estimate of drug-likeness (QED) is 0.381. The van der Waals surface area contributed by atoms with Gasteiger partial charge in [-0.2, -0.15) is 0 Å². The van der Waals surface area contributed by atoms with Crippen molar-refractivity contribution in [2.75, 3.05) is 24.6 Å². The van der Waals surface area contributed by atoms with E-state index in [1.165, 1.54) is 23.5 Å². The molecule has 29 heavy (non-hydrogen) atoms. The molecule has 1 aliphatic heterocycles. The lowest BCUT2D eigenvalue weighted by molar-refractivity contribution is 0.0234. The Morgan fingerprint density at radius 1 is 1.24 bits per heavy atom. The SMILES string of the molecule is CCCCCOc1cccc(C(=O)OC2CN(c3nc4ccc(F)cc4s3)C2)c1. The lowest BCUT2D eigenvalue weighted by Crippen LogP contribution is -2.53. The number of nitrogens with zero attached hydrogens (tertiary/aromatic N) is 2. The number of hydrogen-bond donors (Lipinski definition) is 0. The van der Waals surface area contributed by atoms with Crippen LogP contribution in [0.4, 0.5) is 9.52 Å². The van der Waals surface area contributed by atoms with Gasteiger partial charge in [-0.3, -0.25) is 0 Å². The van der Waals surface area contributed by atoms with Gasteiger partial charge in [-0.15, -0.1) is 0 Å². The van der Waals surface area contributed by atoms with E-state index in [4.69, 9.17) is 9.47 Å². The van der Waals surface area contributed by atoms with Crippen LogP contribution in [0.5, 0.6) is 5.75 Å². The van der Waals surface area contributed by atoms with Crippen LogP contribution in [0.2, 0.25) is 0 Å². The molecule has 3 aromatic rings. The zero-order valence-electron chi connectivity index (χ0n) is 16.3. The normalized spacial score (nSPS) is 14.1. The maximum atomic E-state index is 13.3. The fourth-order valence-corrected chi connectivity index (χ4v) is 4.17. The molecule has 152 valence electrons. The van der Waals surface area contributed by atoms with Crippen LogP contribution < -0.4 is 9.64 Å². The van der Waals surface area contributed by atoms with E-state index in [-0.39, 0.29) is 17.9 Å². The number of anilines is 1. The summed E-state index contributed by atoms with van der Waals surface area (Å²) in [6, 6.07) is 11.7. The summed E-state index contributed by atoms with van der Waals surface area (Å²) in [4.78, 5) is 19.0. The van der Waals surface area contributed by atoms with Crippen molar-refractivity contribution in [1.82, 2.24) is 4.98 Å². The van der Waals surface area contributed by atoms with Gasteiger partial charge in [0.2, 0.25) is 0 Å².